The van der Waals surface area contributed by atoms with Crippen LogP contribution in [0, 0.1) is 0 Å². The molecule has 116 valence electrons. The van der Waals surface area contributed by atoms with Gasteiger partial charge in [-0.05, 0) is 74.9 Å². The first-order valence-corrected chi connectivity index (χ1v) is 8.22. The van der Waals surface area contributed by atoms with Gasteiger partial charge in [0.15, 0.2) is 0 Å². The minimum absolute atomic E-state index is 0.630. The van der Waals surface area contributed by atoms with E-state index in [2.05, 4.69) is 30.1 Å². The number of hydrogen-bond acceptors (Lipinski definition) is 3. The molecule has 1 aliphatic heterocycles. The van der Waals surface area contributed by atoms with Crippen molar-refractivity contribution < 1.29 is 9.47 Å². The molecule has 0 aromatic heterocycles. The van der Waals surface area contributed by atoms with Crippen molar-refractivity contribution in [2.45, 2.75) is 44.1 Å². The zero-order chi connectivity index (χ0) is 14.7. The Labute approximate surface area is 128 Å². The van der Waals surface area contributed by atoms with Gasteiger partial charge in [0.25, 0.3) is 0 Å². The molecule has 3 heteroatoms. The molecule has 1 heterocycles. The molecule has 1 aliphatic carbocycles. The summed E-state index contributed by atoms with van der Waals surface area (Å²) in [5.41, 5.74) is 3.06. The fraction of sp³-hybridized carbons (Fsp3) is 0.667. The smallest absolute Gasteiger partial charge is 0.119 e. The van der Waals surface area contributed by atoms with Gasteiger partial charge in [-0.3, -0.25) is 0 Å². The lowest BCUT2D eigenvalue weighted by Crippen LogP contribution is -2.26. The fourth-order valence-electron chi connectivity index (χ4n) is 3.85. The Kier molecular flexibility index (Phi) is 4.81. The number of methoxy groups -OCH3 is 1. The largest absolute Gasteiger partial charge is 0.491 e. The summed E-state index contributed by atoms with van der Waals surface area (Å²) in [4.78, 5) is 2.54. The van der Waals surface area contributed by atoms with Crippen molar-refractivity contribution in [2.75, 3.05) is 33.9 Å². The molecule has 2 unspecified atom stereocenters. The van der Waals surface area contributed by atoms with Crippen LogP contribution >= 0.6 is 0 Å². The van der Waals surface area contributed by atoms with E-state index >= 15 is 0 Å². The second-order valence-electron chi connectivity index (χ2n) is 6.45. The lowest BCUT2D eigenvalue weighted by atomic mass is 9.92. The highest BCUT2D eigenvalue weighted by molar-refractivity contribution is 5.41. The van der Waals surface area contributed by atoms with Crippen LogP contribution in [0.15, 0.2) is 18.2 Å². The monoisotopic (exact) mass is 289 g/mol. The SMILES string of the molecule is COCCOc1ccc2c(c1)C(CC1CCCN1C)CC2. The van der Waals surface area contributed by atoms with Crippen molar-refractivity contribution in [1.29, 1.82) is 0 Å². The van der Waals surface area contributed by atoms with Gasteiger partial charge >= 0.3 is 0 Å². The summed E-state index contributed by atoms with van der Waals surface area (Å²) in [5.74, 6) is 1.72. The fourth-order valence-corrected chi connectivity index (χ4v) is 3.85. The van der Waals surface area contributed by atoms with Crippen LogP contribution in [-0.4, -0.2) is 44.9 Å². The summed E-state index contributed by atoms with van der Waals surface area (Å²) in [6.07, 6.45) is 6.58. The van der Waals surface area contributed by atoms with Crippen molar-refractivity contribution in [3.8, 4) is 5.75 Å². The van der Waals surface area contributed by atoms with Crippen LogP contribution in [0.25, 0.3) is 0 Å². The van der Waals surface area contributed by atoms with Gasteiger partial charge < -0.3 is 14.4 Å². The maximum atomic E-state index is 5.78. The maximum Gasteiger partial charge on any atom is 0.119 e. The summed E-state index contributed by atoms with van der Waals surface area (Å²) < 4.78 is 10.8. The maximum absolute atomic E-state index is 5.78. The Morgan fingerprint density at radius 1 is 1.24 bits per heavy atom. The number of hydrogen-bond donors (Lipinski definition) is 0. The average molecular weight is 289 g/mol. The molecule has 21 heavy (non-hydrogen) atoms. The van der Waals surface area contributed by atoms with Crippen molar-refractivity contribution in [2.24, 2.45) is 0 Å². The molecular weight excluding hydrogens is 262 g/mol. The van der Waals surface area contributed by atoms with Gasteiger partial charge in [0, 0.05) is 13.2 Å². The highest BCUT2D eigenvalue weighted by atomic mass is 16.5. The Balaban J connectivity index is 1.66. The summed E-state index contributed by atoms with van der Waals surface area (Å²) in [5, 5.41) is 0. The Hall–Kier alpha value is -1.06. The number of rotatable bonds is 6. The van der Waals surface area contributed by atoms with Crippen LogP contribution in [0.1, 0.15) is 42.7 Å². The van der Waals surface area contributed by atoms with Crippen LogP contribution in [0.4, 0.5) is 0 Å². The molecule has 0 saturated carbocycles. The predicted octanol–water partition coefficient (Wildman–Crippen LogP) is 3.23. The molecule has 2 atom stereocenters. The molecule has 3 nitrogen and oxygen atoms in total. The molecule has 0 bridgehead atoms. The molecule has 0 N–H and O–H groups in total. The van der Waals surface area contributed by atoms with E-state index in [0.29, 0.717) is 13.2 Å². The van der Waals surface area contributed by atoms with Crippen molar-refractivity contribution >= 4 is 0 Å². The van der Waals surface area contributed by atoms with E-state index in [1.807, 2.05) is 0 Å². The van der Waals surface area contributed by atoms with E-state index in [9.17, 15) is 0 Å². The van der Waals surface area contributed by atoms with Gasteiger partial charge in [0.2, 0.25) is 0 Å². The zero-order valence-corrected chi connectivity index (χ0v) is 13.3. The molecule has 2 aliphatic rings. The molecule has 1 fully saturated rings. The third-order valence-electron chi connectivity index (χ3n) is 5.10. The first-order valence-electron chi connectivity index (χ1n) is 8.22. The second-order valence-corrected chi connectivity index (χ2v) is 6.45. The number of ether oxygens (including phenoxy) is 2. The summed E-state index contributed by atoms with van der Waals surface area (Å²) in [6, 6.07) is 7.42. The highest BCUT2D eigenvalue weighted by Crippen LogP contribution is 2.40. The standard InChI is InChI=1S/C18H27NO2/c1-19-9-3-4-16(19)12-15-6-5-14-7-8-17(13-18(14)15)21-11-10-20-2/h7-8,13,15-16H,3-6,9-12H2,1-2H3. The van der Waals surface area contributed by atoms with Gasteiger partial charge in [-0.2, -0.15) is 0 Å². The first kappa shape index (κ1) is 14.9. The number of aryl methyl sites for hydroxylation is 1. The molecule has 0 radical (unpaired) electrons. The van der Waals surface area contributed by atoms with Gasteiger partial charge in [0.1, 0.15) is 12.4 Å². The molecule has 3 rings (SSSR count). The summed E-state index contributed by atoms with van der Waals surface area (Å²) in [7, 11) is 3.98. The van der Waals surface area contributed by atoms with Gasteiger partial charge in [-0.25, -0.2) is 0 Å². The minimum atomic E-state index is 0.630. The predicted molar refractivity (Wildman–Crippen MR) is 85.1 cm³/mol. The van der Waals surface area contributed by atoms with E-state index in [0.717, 1.165) is 17.7 Å². The third-order valence-corrected chi connectivity index (χ3v) is 5.10. The molecule has 0 spiro atoms. The van der Waals surface area contributed by atoms with Crippen molar-refractivity contribution in [3.05, 3.63) is 29.3 Å². The van der Waals surface area contributed by atoms with Crippen LogP contribution in [0.5, 0.6) is 5.75 Å². The van der Waals surface area contributed by atoms with E-state index in [-0.39, 0.29) is 0 Å². The van der Waals surface area contributed by atoms with E-state index in [1.165, 1.54) is 49.8 Å². The quantitative estimate of drug-likeness (QED) is 0.751. The average Bonchev–Trinajstić information content (AvgIpc) is 3.07. The molecule has 1 aromatic rings. The highest BCUT2D eigenvalue weighted by Gasteiger charge is 2.29. The normalized spacial score (nSPS) is 25.2. The minimum Gasteiger partial charge on any atom is -0.491 e. The lowest BCUT2D eigenvalue weighted by Gasteiger charge is -2.23. The second kappa shape index (κ2) is 6.80. The number of likely N-dealkylation sites (tertiary alicyclic amines) is 1. The van der Waals surface area contributed by atoms with Crippen LogP contribution in [-0.2, 0) is 11.2 Å². The number of benzene rings is 1. The number of fused-ring (bicyclic) bond motifs is 1. The van der Waals surface area contributed by atoms with Crippen molar-refractivity contribution in [3.63, 3.8) is 0 Å². The van der Waals surface area contributed by atoms with Crippen LogP contribution in [0.2, 0.25) is 0 Å². The van der Waals surface area contributed by atoms with E-state index in [4.69, 9.17) is 9.47 Å². The van der Waals surface area contributed by atoms with Crippen LogP contribution < -0.4 is 4.74 Å². The molecular formula is C18H27NO2. The van der Waals surface area contributed by atoms with E-state index in [1.54, 1.807) is 7.11 Å². The molecule has 1 saturated heterocycles. The Morgan fingerprint density at radius 3 is 2.90 bits per heavy atom. The zero-order valence-electron chi connectivity index (χ0n) is 13.3. The Morgan fingerprint density at radius 2 is 2.14 bits per heavy atom. The summed E-state index contributed by atoms with van der Waals surface area (Å²) >= 11 is 0. The van der Waals surface area contributed by atoms with Crippen LogP contribution in [0.3, 0.4) is 0 Å². The van der Waals surface area contributed by atoms with Gasteiger partial charge in [0.05, 0.1) is 6.61 Å². The lowest BCUT2D eigenvalue weighted by molar-refractivity contribution is 0.146. The first-order chi connectivity index (χ1) is 10.3. The van der Waals surface area contributed by atoms with E-state index < -0.39 is 0 Å². The van der Waals surface area contributed by atoms with Gasteiger partial charge in [-0.1, -0.05) is 6.07 Å². The van der Waals surface area contributed by atoms with Crippen molar-refractivity contribution in [1.82, 2.24) is 4.90 Å². The summed E-state index contributed by atoms with van der Waals surface area (Å²) in [6.45, 7) is 2.54. The Bertz CT molecular complexity index is 474. The third kappa shape index (κ3) is 3.41. The molecule has 0 amide bonds. The topological polar surface area (TPSA) is 21.7 Å². The van der Waals surface area contributed by atoms with Gasteiger partial charge in [-0.15, -0.1) is 0 Å². The molecule has 1 aromatic carbocycles. The number of nitrogens with zero attached hydrogens (tertiary/aromatic N) is 1.